The Morgan fingerprint density at radius 1 is 1.34 bits per heavy atom. The number of allylic oxidation sites excluding steroid dienone is 5. The van der Waals surface area contributed by atoms with Gasteiger partial charge in [0, 0.05) is 30.4 Å². The van der Waals surface area contributed by atoms with E-state index in [9.17, 15) is 19.3 Å². The molecular weight excluding hydrogens is 456 g/mol. The molecule has 1 fully saturated rings. The number of hydrogen-bond donors (Lipinski definition) is 1. The van der Waals surface area contributed by atoms with Crippen molar-refractivity contribution in [1.82, 2.24) is 14.6 Å². The predicted molar refractivity (Wildman–Crippen MR) is 125 cm³/mol. The van der Waals surface area contributed by atoms with Crippen molar-refractivity contribution in [1.29, 1.82) is 10.5 Å². The summed E-state index contributed by atoms with van der Waals surface area (Å²) in [5, 5.41) is 31.9. The number of anilines is 1. The third-order valence-electron chi connectivity index (χ3n) is 5.59. The van der Waals surface area contributed by atoms with Crippen molar-refractivity contribution in [3.8, 4) is 12.1 Å². The summed E-state index contributed by atoms with van der Waals surface area (Å²) < 4.78 is 34.2. The molecule has 35 heavy (non-hydrogen) atoms. The Hall–Kier alpha value is -4.19. The van der Waals surface area contributed by atoms with Gasteiger partial charge in [0.25, 0.3) is 6.43 Å². The number of aliphatic hydroxyl groups excluding tert-OH is 1. The van der Waals surface area contributed by atoms with E-state index in [1.807, 2.05) is 11.0 Å². The summed E-state index contributed by atoms with van der Waals surface area (Å²) in [5.41, 5.74) is 1.82. The van der Waals surface area contributed by atoms with Crippen molar-refractivity contribution < 1.29 is 18.6 Å². The first-order chi connectivity index (χ1) is 16.9. The first-order valence-corrected chi connectivity index (χ1v) is 10.7. The molecular formula is C24H21F2N7O2. The van der Waals surface area contributed by atoms with Crippen molar-refractivity contribution in [3.63, 3.8) is 0 Å². The number of aliphatic imine (C=N–C) groups is 1. The van der Waals surface area contributed by atoms with Crippen molar-refractivity contribution in [2.24, 2.45) is 4.99 Å². The number of aliphatic hydroxyl groups is 1. The number of nitriles is 2. The lowest BCUT2D eigenvalue weighted by Gasteiger charge is -2.41. The van der Waals surface area contributed by atoms with Crippen LogP contribution in [0.2, 0.25) is 0 Å². The molecule has 1 N–H and O–H groups in total. The molecule has 0 radical (unpaired) electrons. The summed E-state index contributed by atoms with van der Waals surface area (Å²) in [6, 6.07) is 3.88. The molecule has 0 atom stereocenters. The lowest BCUT2D eigenvalue weighted by atomic mass is 9.97. The topological polar surface area (TPSA) is 123 Å². The number of hydrogen-bond acceptors (Lipinski definition) is 8. The Bertz CT molecular complexity index is 1380. The molecule has 0 spiro atoms. The van der Waals surface area contributed by atoms with Crippen LogP contribution in [0.3, 0.4) is 0 Å². The summed E-state index contributed by atoms with van der Waals surface area (Å²) in [7, 11) is 0. The highest BCUT2D eigenvalue weighted by molar-refractivity contribution is 6.15. The van der Waals surface area contributed by atoms with Crippen LogP contribution in [0.4, 0.5) is 14.6 Å². The average Bonchev–Trinajstić information content (AvgIpc) is 3.19. The van der Waals surface area contributed by atoms with E-state index in [1.165, 1.54) is 10.7 Å². The van der Waals surface area contributed by atoms with Gasteiger partial charge in [-0.05, 0) is 25.2 Å². The van der Waals surface area contributed by atoms with Gasteiger partial charge in [0.15, 0.2) is 5.65 Å². The van der Waals surface area contributed by atoms with Crippen LogP contribution in [-0.2, 0) is 4.74 Å². The SMILES string of the molecule is C=CN=C1C=C(C#N)C=C/C1=C\c1c(C)nc2c(C#N)c(C(F)F)nn2c1N1CC(OCCO)C1. The minimum absolute atomic E-state index is 0.0445. The van der Waals surface area contributed by atoms with Crippen molar-refractivity contribution in [2.45, 2.75) is 19.5 Å². The van der Waals surface area contributed by atoms with Crippen LogP contribution in [0.25, 0.3) is 11.7 Å². The molecule has 2 aliphatic rings. The molecule has 178 valence electrons. The summed E-state index contributed by atoms with van der Waals surface area (Å²) in [6.45, 7) is 6.30. The zero-order chi connectivity index (χ0) is 25.1. The van der Waals surface area contributed by atoms with Gasteiger partial charge < -0.3 is 14.7 Å². The predicted octanol–water partition coefficient (Wildman–Crippen LogP) is 3.03. The van der Waals surface area contributed by atoms with Crippen LogP contribution in [0.5, 0.6) is 0 Å². The first-order valence-electron chi connectivity index (χ1n) is 10.7. The Morgan fingerprint density at radius 3 is 2.74 bits per heavy atom. The van der Waals surface area contributed by atoms with E-state index in [2.05, 4.69) is 27.7 Å². The lowest BCUT2D eigenvalue weighted by molar-refractivity contribution is 0.0131. The second-order valence-corrected chi connectivity index (χ2v) is 7.81. The number of nitrogens with zero attached hydrogens (tertiary/aromatic N) is 7. The number of aromatic nitrogens is 3. The van der Waals surface area contributed by atoms with Gasteiger partial charge in [0.05, 0.1) is 42.4 Å². The lowest BCUT2D eigenvalue weighted by Crippen LogP contribution is -2.53. The fourth-order valence-corrected chi connectivity index (χ4v) is 3.94. The molecule has 2 aromatic rings. The van der Waals surface area contributed by atoms with Gasteiger partial charge in [-0.3, -0.25) is 4.99 Å². The monoisotopic (exact) mass is 477 g/mol. The van der Waals surface area contributed by atoms with Crippen molar-refractivity contribution in [2.75, 3.05) is 31.2 Å². The molecule has 1 saturated heterocycles. The second-order valence-electron chi connectivity index (χ2n) is 7.81. The molecule has 0 saturated carbocycles. The highest BCUT2D eigenvalue weighted by Gasteiger charge is 2.34. The smallest absolute Gasteiger partial charge is 0.283 e. The summed E-state index contributed by atoms with van der Waals surface area (Å²) in [6.07, 6.45) is 5.05. The third kappa shape index (κ3) is 4.47. The quantitative estimate of drug-likeness (QED) is 0.650. The molecule has 2 aromatic heterocycles. The minimum atomic E-state index is -2.94. The first kappa shape index (κ1) is 24.0. The molecule has 0 aromatic carbocycles. The van der Waals surface area contributed by atoms with E-state index >= 15 is 0 Å². The number of rotatable bonds is 7. The number of aryl methyl sites for hydroxylation is 1. The maximum Gasteiger partial charge on any atom is 0.283 e. The van der Waals surface area contributed by atoms with Gasteiger partial charge in [-0.15, -0.1) is 0 Å². The molecule has 0 unspecified atom stereocenters. The van der Waals surface area contributed by atoms with E-state index in [0.717, 1.165) is 0 Å². The van der Waals surface area contributed by atoms with E-state index in [1.54, 1.807) is 31.2 Å². The fourth-order valence-electron chi connectivity index (χ4n) is 3.94. The largest absolute Gasteiger partial charge is 0.394 e. The summed E-state index contributed by atoms with van der Waals surface area (Å²) in [4.78, 5) is 10.6. The van der Waals surface area contributed by atoms with Gasteiger partial charge >= 0.3 is 0 Å². The van der Waals surface area contributed by atoms with Crippen molar-refractivity contribution >= 4 is 23.3 Å². The molecule has 0 bridgehead atoms. The maximum atomic E-state index is 13.7. The van der Waals surface area contributed by atoms with Gasteiger partial charge in [0.2, 0.25) is 0 Å². The van der Waals surface area contributed by atoms with Gasteiger partial charge in [0.1, 0.15) is 23.1 Å². The molecule has 3 heterocycles. The molecule has 0 amide bonds. The van der Waals surface area contributed by atoms with Crippen LogP contribution in [0.15, 0.2) is 47.1 Å². The number of halogens is 2. The molecule has 11 heteroatoms. The van der Waals surface area contributed by atoms with Crippen LogP contribution >= 0.6 is 0 Å². The fraction of sp³-hybridized carbons (Fsp3) is 0.292. The highest BCUT2D eigenvalue weighted by Crippen LogP contribution is 2.34. The summed E-state index contributed by atoms with van der Waals surface area (Å²) >= 11 is 0. The van der Waals surface area contributed by atoms with E-state index in [-0.39, 0.29) is 30.5 Å². The number of fused-ring (bicyclic) bond motifs is 1. The standard InChI is InChI=1S/C24H21F2N7O2/c1-3-29-20-8-15(10-27)4-5-16(20)9-18-14(2)30-23-19(11-28)21(22(25)26)31-33(23)24(18)32-12-17(13-32)35-7-6-34/h3-5,8-9,17,22,34H,1,6-7,12-13H2,2H3/b16-9+,29-20?. The van der Waals surface area contributed by atoms with Crippen LogP contribution < -0.4 is 4.90 Å². The number of ether oxygens (including phenoxy) is 1. The normalized spacial score (nSPS) is 18.1. The van der Waals surface area contributed by atoms with Crippen molar-refractivity contribution in [3.05, 3.63) is 64.7 Å². The minimum Gasteiger partial charge on any atom is -0.394 e. The Morgan fingerprint density at radius 2 is 2.11 bits per heavy atom. The third-order valence-corrected chi connectivity index (χ3v) is 5.59. The van der Waals surface area contributed by atoms with Crippen LogP contribution in [0, 0.1) is 29.6 Å². The molecule has 4 rings (SSSR count). The van der Waals surface area contributed by atoms with E-state index in [4.69, 9.17) is 9.84 Å². The van der Waals surface area contributed by atoms with Gasteiger partial charge in [-0.25, -0.2) is 13.8 Å². The van der Waals surface area contributed by atoms with Crippen LogP contribution in [-0.4, -0.2) is 57.8 Å². The zero-order valence-corrected chi connectivity index (χ0v) is 18.8. The van der Waals surface area contributed by atoms with E-state index < -0.39 is 12.1 Å². The van der Waals surface area contributed by atoms with Gasteiger partial charge in [-0.1, -0.05) is 12.7 Å². The van der Waals surface area contributed by atoms with Crippen LogP contribution in [0.1, 0.15) is 28.9 Å². The Kier molecular flexibility index (Phi) is 6.82. The van der Waals surface area contributed by atoms with Gasteiger partial charge in [-0.2, -0.15) is 20.1 Å². The molecule has 1 aliphatic carbocycles. The van der Waals surface area contributed by atoms with E-state index in [0.29, 0.717) is 47.0 Å². The zero-order valence-electron chi connectivity index (χ0n) is 18.8. The second kappa shape index (κ2) is 9.97. The summed E-state index contributed by atoms with van der Waals surface area (Å²) in [5.74, 6) is 0.480. The average molecular weight is 477 g/mol. The molecule has 9 nitrogen and oxygen atoms in total. The Balaban J connectivity index is 1.91. The highest BCUT2D eigenvalue weighted by atomic mass is 19.3. The Labute approximate surface area is 199 Å². The number of alkyl halides is 2. The maximum absolute atomic E-state index is 13.7. The molecule has 1 aliphatic heterocycles.